The van der Waals surface area contributed by atoms with Crippen LogP contribution < -0.4 is 5.73 Å². The SMILES string of the molecule is COCCCCn1nnc(CN)c1C(F)F. The monoisotopic (exact) mass is 234 g/mol. The smallest absolute Gasteiger partial charge is 0.281 e. The highest BCUT2D eigenvalue weighted by molar-refractivity contribution is 5.11. The molecule has 2 N–H and O–H groups in total. The Hall–Kier alpha value is -1.08. The Kier molecular flexibility index (Phi) is 5.27. The molecule has 0 spiro atoms. The van der Waals surface area contributed by atoms with Crippen molar-refractivity contribution < 1.29 is 13.5 Å². The minimum Gasteiger partial charge on any atom is -0.385 e. The number of halogens is 2. The van der Waals surface area contributed by atoms with Crippen LogP contribution in [-0.4, -0.2) is 28.7 Å². The molecule has 7 heteroatoms. The average Bonchev–Trinajstić information content (AvgIpc) is 2.67. The summed E-state index contributed by atoms with van der Waals surface area (Å²) in [5, 5.41) is 7.30. The predicted octanol–water partition coefficient (Wildman–Crippen LogP) is 1.10. The van der Waals surface area contributed by atoms with Gasteiger partial charge in [-0.25, -0.2) is 13.5 Å². The summed E-state index contributed by atoms with van der Waals surface area (Å²) in [6.45, 7) is 1.01. The maximum Gasteiger partial charge on any atom is 0.281 e. The molecule has 1 rings (SSSR count). The molecule has 0 saturated heterocycles. The molecule has 5 nitrogen and oxygen atoms in total. The van der Waals surface area contributed by atoms with E-state index in [9.17, 15) is 8.78 Å². The van der Waals surface area contributed by atoms with E-state index in [1.165, 1.54) is 4.68 Å². The average molecular weight is 234 g/mol. The number of nitrogens with zero attached hydrogens (tertiary/aromatic N) is 3. The Balaban J connectivity index is 2.61. The van der Waals surface area contributed by atoms with Gasteiger partial charge in [-0.3, -0.25) is 0 Å². The Labute approximate surface area is 92.6 Å². The van der Waals surface area contributed by atoms with E-state index in [1.54, 1.807) is 7.11 Å². The molecular weight excluding hydrogens is 218 g/mol. The van der Waals surface area contributed by atoms with Crippen LogP contribution in [0.2, 0.25) is 0 Å². The molecule has 0 unspecified atom stereocenters. The van der Waals surface area contributed by atoms with Crippen LogP contribution in [0.25, 0.3) is 0 Å². The van der Waals surface area contributed by atoms with Gasteiger partial charge in [0.15, 0.2) is 0 Å². The van der Waals surface area contributed by atoms with Crippen molar-refractivity contribution in [1.82, 2.24) is 15.0 Å². The zero-order chi connectivity index (χ0) is 12.0. The van der Waals surface area contributed by atoms with Gasteiger partial charge in [0.2, 0.25) is 0 Å². The highest BCUT2D eigenvalue weighted by Gasteiger charge is 2.20. The van der Waals surface area contributed by atoms with Crippen molar-refractivity contribution in [3.63, 3.8) is 0 Å². The standard InChI is InChI=1S/C9H16F2N4O/c1-16-5-3-2-4-15-8(9(10)11)7(6-12)13-14-15/h9H,2-6,12H2,1H3. The van der Waals surface area contributed by atoms with Crippen molar-refractivity contribution >= 4 is 0 Å². The summed E-state index contributed by atoms with van der Waals surface area (Å²) in [7, 11) is 1.60. The molecule has 0 saturated carbocycles. The van der Waals surface area contributed by atoms with E-state index in [4.69, 9.17) is 10.5 Å². The van der Waals surface area contributed by atoms with Gasteiger partial charge in [0.25, 0.3) is 6.43 Å². The number of unbranched alkanes of at least 4 members (excludes halogenated alkanes) is 1. The minimum atomic E-state index is -2.59. The predicted molar refractivity (Wildman–Crippen MR) is 54.0 cm³/mol. The number of methoxy groups -OCH3 is 1. The zero-order valence-electron chi connectivity index (χ0n) is 9.20. The lowest BCUT2D eigenvalue weighted by Gasteiger charge is -2.06. The van der Waals surface area contributed by atoms with E-state index in [1.807, 2.05) is 0 Å². The van der Waals surface area contributed by atoms with Gasteiger partial charge in [0.1, 0.15) is 11.4 Å². The lowest BCUT2D eigenvalue weighted by Crippen LogP contribution is -2.09. The van der Waals surface area contributed by atoms with Gasteiger partial charge < -0.3 is 10.5 Å². The van der Waals surface area contributed by atoms with Gasteiger partial charge in [-0.15, -0.1) is 5.10 Å². The zero-order valence-corrected chi connectivity index (χ0v) is 9.20. The lowest BCUT2D eigenvalue weighted by molar-refractivity contribution is 0.137. The molecule has 1 aromatic rings. The van der Waals surface area contributed by atoms with Gasteiger partial charge in [-0.1, -0.05) is 5.21 Å². The number of aryl methyl sites for hydroxylation is 1. The van der Waals surface area contributed by atoms with Crippen molar-refractivity contribution in [2.75, 3.05) is 13.7 Å². The summed E-state index contributed by atoms with van der Waals surface area (Å²) < 4.78 is 31.5. The second-order valence-electron chi connectivity index (χ2n) is 3.35. The van der Waals surface area contributed by atoms with E-state index >= 15 is 0 Å². The van der Waals surface area contributed by atoms with Crippen molar-refractivity contribution in [1.29, 1.82) is 0 Å². The molecule has 1 heterocycles. The minimum absolute atomic E-state index is 0.0161. The first kappa shape index (κ1) is 13.0. The third kappa shape index (κ3) is 3.21. The van der Waals surface area contributed by atoms with Gasteiger partial charge in [0.05, 0.1) is 0 Å². The summed E-state index contributed by atoms with van der Waals surface area (Å²) in [4.78, 5) is 0. The van der Waals surface area contributed by atoms with Crippen LogP contribution in [0, 0.1) is 0 Å². The summed E-state index contributed by atoms with van der Waals surface area (Å²) in [6.07, 6.45) is -1.06. The maximum atomic E-state index is 12.7. The highest BCUT2D eigenvalue weighted by atomic mass is 19.3. The van der Waals surface area contributed by atoms with E-state index in [0.717, 1.165) is 12.8 Å². The van der Waals surface area contributed by atoms with E-state index in [-0.39, 0.29) is 17.9 Å². The third-order valence-corrected chi connectivity index (χ3v) is 2.22. The van der Waals surface area contributed by atoms with Crippen LogP contribution in [0.15, 0.2) is 0 Å². The van der Waals surface area contributed by atoms with Crippen LogP contribution in [0.3, 0.4) is 0 Å². The Bertz CT molecular complexity index is 316. The summed E-state index contributed by atoms with van der Waals surface area (Å²) in [6, 6.07) is 0. The van der Waals surface area contributed by atoms with Gasteiger partial charge in [-0.05, 0) is 12.8 Å². The van der Waals surface area contributed by atoms with E-state index in [0.29, 0.717) is 13.2 Å². The molecule has 0 aromatic carbocycles. The second kappa shape index (κ2) is 6.49. The number of hydrogen-bond acceptors (Lipinski definition) is 4. The number of rotatable bonds is 7. The molecule has 92 valence electrons. The van der Waals surface area contributed by atoms with Crippen molar-refractivity contribution in [2.24, 2.45) is 5.73 Å². The normalized spacial score (nSPS) is 11.3. The maximum absolute atomic E-state index is 12.7. The molecule has 1 aromatic heterocycles. The Morgan fingerprint density at radius 2 is 2.19 bits per heavy atom. The Morgan fingerprint density at radius 3 is 2.75 bits per heavy atom. The lowest BCUT2D eigenvalue weighted by atomic mass is 10.3. The number of hydrogen-bond donors (Lipinski definition) is 1. The Morgan fingerprint density at radius 1 is 1.44 bits per heavy atom. The molecule has 0 aliphatic carbocycles. The third-order valence-electron chi connectivity index (χ3n) is 2.22. The number of ether oxygens (including phenoxy) is 1. The van der Waals surface area contributed by atoms with E-state index in [2.05, 4.69) is 10.3 Å². The molecule has 0 aliphatic heterocycles. The van der Waals surface area contributed by atoms with Gasteiger partial charge in [-0.2, -0.15) is 0 Å². The first-order chi connectivity index (χ1) is 7.70. The molecule has 0 bridgehead atoms. The molecular formula is C9H16F2N4O. The molecule has 0 fully saturated rings. The fraction of sp³-hybridized carbons (Fsp3) is 0.778. The summed E-state index contributed by atoms with van der Waals surface area (Å²) in [5.41, 5.74) is 5.31. The fourth-order valence-electron chi connectivity index (χ4n) is 1.41. The molecule has 0 radical (unpaired) electrons. The van der Waals surface area contributed by atoms with Crippen LogP contribution in [0.1, 0.15) is 30.7 Å². The first-order valence-electron chi connectivity index (χ1n) is 5.10. The quantitative estimate of drug-likeness (QED) is 0.717. The molecule has 16 heavy (non-hydrogen) atoms. The molecule has 0 amide bonds. The number of alkyl halides is 2. The van der Waals surface area contributed by atoms with E-state index < -0.39 is 6.43 Å². The topological polar surface area (TPSA) is 66.0 Å². The largest absolute Gasteiger partial charge is 0.385 e. The summed E-state index contributed by atoms with van der Waals surface area (Å²) in [5.74, 6) is 0. The van der Waals surface area contributed by atoms with Crippen molar-refractivity contribution in [2.45, 2.75) is 32.4 Å². The molecule has 0 aliphatic rings. The second-order valence-corrected chi connectivity index (χ2v) is 3.35. The number of aromatic nitrogens is 3. The summed E-state index contributed by atoms with van der Waals surface area (Å²) >= 11 is 0. The van der Waals surface area contributed by atoms with Crippen LogP contribution in [0.4, 0.5) is 8.78 Å². The van der Waals surface area contributed by atoms with Crippen molar-refractivity contribution in [3.05, 3.63) is 11.4 Å². The molecule has 0 atom stereocenters. The van der Waals surface area contributed by atoms with Gasteiger partial charge in [0, 0.05) is 26.8 Å². The van der Waals surface area contributed by atoms with Crippen molar-refractivity contribution in [3.8, 4) is 0 Å². The fourth-order valence-corrected chi connectivity index (χ4v) is 1.41. The van der Waals surface area contributed by atoms with Crippen LogP contribution in [0.5, 0.6) is 0 Å². The van der Waals surface area contributed by atoms with Crippen LogP contribution >= 0.6 is 0 Å². The van der Waals surface area contributed by atoms with Crippen LogP contribution in [-0.2, 0) is 17.8 Å². The number of nitrogens with two attached hydrogens (primary N) is 1. The first-order valence-corrected chi connectivity index (χ1v) is 5.10. The van der Waals surface area contributed by atoms with Gasteiger partial charge >= 0.3 is 0 Å². The highest BCUT2D eigenvalue weighted by Crippen LogP contribution is 2.21.